The highest BCUT2D eigenvalue weighted by molar-refractivity contribution is 5.93. The highest BCUT2D eigenvalue weighted by atomic mass is 19.1. The summed E-state index contributed by atoms with van der Waals surface area (Å²) in [5.74, 6) is -4.89. The van der Waals surface area contributed by atoms with E-state index < -0.39 is 81.1 Å². The summed E-state index contributed by atoms with van der Waals surface area (Å²) in [5.41, 5.74) is 27.8. The molecule has 8 N–H and O–H groups in total. The van der Waals surface area contributed by atoms with Crippen LogP contribution in [0, 0.1) is 23.3 Å². The minimum atomic E-state index is -0.726. The van der Waals surface area contributed by atoms with Crippen molar-refractivity contribution in [1.29, 1.82) is 0 Å². The number of rotatable bonds is 12. The van der Waals surface area contributed by atoms with Crippen LogP contribution in [-0.4, -0.2) is 136 Å². The third-order valence-electron chi connectivity index (χ3n) is 20.2. The summed E-state index contributed by atoms with van der Waals surface area (Å²) in [7, 11) is 0. The van der Waals surface area contributed by atoms with Gasteiger partial charge >= 0.3 is 23.9 Å². The molecule has 5 fully saturated rings. The van der Waals surface area contributed by atoms with E-state index in [-0.39, 0.29) is 74.8 Å². The van der Waals surface area contributed by atoms with Gasteiger partial charge in [-0.25, -0.2) is 76.6 Å². The molecule has 4 aliphatic carbocycles. The van der Waals surface area contributed by atoms with Crippen molar-refractivity contribution >= 4 is 64.3 Å². The molecule has 0 radical (unpaired) electrons. The van der Waals surface area contributed by atoms with Crippen LogP contribution in [-0.2, 0) is 47.5 Å². The number of halogens is 4. The van der Waals surface area contributed by atoms with Crippen molar-refractivity contribution in [2.75, 3.05) is 49.4 Å². The second kappa shape index (κ2) is 36.4. The standard InChI is InChI=1S/C23H28FN3O4.C23H26FN3O4.2C21H24FN3O3/c2*1-22(2,3)31-21(28)16-5-4-15(12-17(16)24)19-20(25)26-13-18(27-19)14-6-8-23(9-7-14)29-10-11-30-23;2*1-21(2,3)28-20(27)15-9-6-13(10-16(15)22)18-19(23)24-11-17(25-18)12-4-7-14(26)8-5-12/h4-5,12-14H,6-11H2,1-3H3,(H2,25,26);4-6,12-13H,7-11H2,1-3H3,(H2,25,26);2*6,9-12H,4-5,7-8H2,1-3H3,(H2,23,24). The summed E-state index contributed by atoms with van der Waals surface area (Å²) in [5, 5.41) is 0. The Hall–Kier alpha value is -11.1. The first-order valence-electron chi connectivity index (χ1n) is 39.5. The number of benzene rings is 4. The Morgan fingerprint density at radius 1 is 0.381 bits per heavy atom. The molecule has 2 aliphatic heterocycles. The maximum atomic E-state index is 14.7. The lowest BCUT2D eigenvalue weighted by Gasteiger charge is -2.35. The van der Waals surface area contributed by atoms with Crippen molar-refractivity contribution in [3.8, 4) is 45.0 Å². The number of hydrogen-bond acceptors (Lipinski definition) is 26. The number of anilines is 4. The van der Waals surface area contributed by atoms with Crippen LogP contribution >= 0.6 is 0 Å². The van der Waals surface area contributed by atoms with Crippen molar-refractivity contribution in [1.82, 2.24) is 39.9 Å². The second-order valence-electron chi connectivity index (χ2n) is 33.9. The average molecular weight is 1630 g/mol. The number of nitrogen functional groups attached to an aromatic ring is 4. The summed E-state index contributed by atoms with van der Waals surface area (Å²) in [6.07, 6.45) is 19.1. The lowest BCUT2D eigenvalue weighted by molar-refractivity contribution is -0.179. The highest BCUT2D eigenvalue weighted by Crippen LogP contribution is 2.44. The minimum absolute atomic E-state index is 0.129. The predicted molar refractivity (Wildman–Crippen MR) is 433 cm³/mol. The molecule has 26 nitrogen and oxygen atoms in total. The van der Waals surface area contributed by atoms with E-state index in [4.69, 9.17) is 65.8 Å². The molecule has 0 bridgehead atoms. The molecule has 6 heterocycles. The molecule has 3 saturated carbocycles. The van der Waals surface area contributed by atoms with Gasteiger partial charge in [0.15, 0.2) is 11.6 Å². The van der Waals surface area contributed by atoms with Gasteiger partial charge in [0.2, 0.25) is 0 Å². The summed E-state index contributed by atoms with van der Waals surface area (Å²) in [4.78, 5) is 107. The number of nitrogens with two attached hydrogens (primary N) is 4. The van der Waals surface area contributed by atoms with Gasteiger partial charge in [-0.1, -0.05) is 30.3 Å². The maximum absolute atomic E-state index is 14.7. The lowest BCUT2D eigenvalue weighted by atomic mass is 9.83. The quantitative estimate of drug-likeness (QED) is 0.0501. The van der Waals surface area contributed by atoms with Gasteiger partial charge in [0.1, 0.15) is 103 Å². The Kier molecular flexibility index (Phi) is 27.1. The largest absolute Gasteiger partial charge is 0.456 e. The minimum Gasteiger partial charge on any atom is -0.456 e. The molecule has 14 rings (SSSR count). The zero-order valence-corrected chi connectivity index (χ0v) is 68.6. The molecule has 30 heteroatoms. The number of aromatic nitrogens is 8. The molecule has 2 saturated heterocycles. The van der Waals surface area contributed by atoms with Crippen LogP contribution in [0.1, 0.15) is 261 Å². The first kappa shape index (κ1) is 87.7. The molecule has 118 heavy (non-hydrogen) atoms. The third kappa shape index (κ3) is 22.8. The van der Waals surface area contributed by atoms with Crippen LogP contribution in [0.5, 0.6) is 0 Å². The number of nitrogens with zero attached hydrogens (tertiary/aromatic N) is 8. The van der Waals surface area contributed by atoms with Crippen LogP contribution < -0.4 is 22.9 Å². The Bertz CT molecular complexity index is 4940. The first-order chi connectivity index (χ1) is 55.6. The van der Waals surface area contributed by atoms with Crippen LogP contribution in [0.25, 0.3) is 50.6 Å². The second-order valence-corrected chi connectivity index (χ2v) is 33.9. The van der Waals surface area contributed by atoms with Gasteiger partial charge in [-0.05, 0) is 182 Å². The summed E-state index contributed by atoms with van der Waals surface area (Å²) < 4.78 is 103. The molecule has 0 atom stereocenters. The number of ether oxygens (including phenoxy) is 8. The number of ketones is 2. The molecule has 0 unspecified atom stereocenters. The number of carbonyl (C=O) groups is 6. The third-order valence-corrected chi connectivity index (χ3v) is 20.2. The maximum Gasteiger partial charge on any atom is 0.341 e. The van der Waals surface area contributed by atoms with Crippen molar-refractivity contribution in [2.24, 2.45) is 0 Å². The zero-order chi connectivity index (χ0) is 85.4. The van der Waals surface area contributed by atoms with Gasteiger partial charge in [0.25, 0.3) is 0 Å². The predicted octanol–water partition coefficient (Wildman–Crippen LogP) is 16.4. The van der Waals surface area contributed by atoms with Crippen LogP contribution in [0.4, 0.5) is 40.8 Å². The fourth-order valence-electron chi connectivity index (χ4n) is 14.3. The van der Waals surface area contributed by atoms with E-state index in [9.17, 15) is 46.3 Å². The molecule has 6 aliphatic rings. The Morgan fingerprint density at radius 3 is 0.941 bits per heavy atom. The van der Waals surface area contributed by atoms with Gasteiger partial charge in [0, 0.05) is 91.4 Å². The smallest absolute Gasteiger partial charge is 0.341 e. The Balaban J connectivity index is 0.000000154. The number of carbonyl (C=O) groups excluding carboxylic acids is 6. The molecular weight excluding hydrogens is 1530 g/mol. The lowest BCUT2D eigenvalue weighted by Crippen LogP contribution is -2.34. The van der Waals surface area contributed by atoms with Gasteiger partial charge in [-0.3, -0.25) is 9.59 Å². The fourth-order valence-corrected chi connectivity index (χ4v) is 14.3. The van der Waals surface area contributed by atoms with Crippen LogP contribution in [0.3, 0.4) is 0 Å². The number of Topliss-reactive ketones (excluding diaryl/α,β-unsaturated/α-hetero) is 2. The van der Waals surface area contributed by atoms with E-state index in [1.165, 1.54) is 48.5 Å². The first-order valence-corrected chi connectivity index (χ1v) is 39.5. The number of hydrogen-bond donors (Lipinski definition) is 4. The number of allylic oxidation sites excluding steroid dienone is 1. The topological polar surface area (TPSA) is 383 Å². The Labute approximate surface area is 682 Å². The molecule has 2 spiro atoms. The zero-order valence-electron chi connectivity index (χ0n) is 68.6. The van der Waals surface area contributed by atoms with Crippen LogP contribution in [0.15, 0.2) is 104 Å². The molecule has 8 aromatic rings. The molecule has 4 aromatic carbocycles. The normalized spacial score (nSPS) is 17.1. The van der Waals surface area contributed by atoms with E-state index in [0.717, 1.165) is 86.9 Å². The Morgan fingerprint density at radius 2 is 0.661 bits per heavy atom. The molecule has 626 valence electrons. The van der Waals surface area contributed by atoms with Gasteiger partial charge in [-0.15, -0.1) is 0 Å². The van der Waals surface area contributed by atoms with Gasteiger partial charge in [-0.2, -0.15) is 0 Å². The van der Waals surface area contributed by atoms with Crippen molar-refractivity contribution < 1.29 is 84.2 Å². The van der Waals surface area contributed by atoms with Crippen molar-refractivity contribution in [3.63, 3.8) is 0 Å². The average Bonchev–Trinajstić information content (AvgIpc) is 1.07. The monoisotopic (exact) mass is 1630 g/mol. The van der Waals surface area contributed by atoms with Crippen molar-refractivity contribution in [3.05, 3.63) is 172 Å². The van der Waals surface area contributed by atoms with E-state index in [1.807, 2.05) is 6.08 Å². The molecule has 0 amide bonds. The van der Waals surface area contributed by atoms with Crippen molar-refractivity contribution in [2.45, 2.75) is 231 Å². The molecule has 4 aromatic heterocycles. The van der Waals surface area contributed by atoms with E-state index >= 15 is 0 Å². The molecular formula is C88H102F4N12O14. The van der Waals surface area contributed by atoms with E-state index in [2.05, 4.69) is 34.9 Å². The SMILES string of the molecule is CC(C)(C)OC(=O)c1ccc(-c2nc(C3=CCC4(CC3)OCCO4)cnc2N)cc1F.CC(C)(C)OC(=O)c1ccc(-c2nc(C3CCC(=O)CC3)cnc2N)cc1F.CC(C)(C)OC(=O)c1ccc(-c2nc(C3CCC(=O)CC3)cnc2N)cc1F.CC(C)(C)OC(=O)c1ccc(-c2nc(C3CCC4(CC3)OCCO4)cnc2N)cc1F. The highest BCUT2D eigenvalue weighted by Gasteiger charge is 2.42. The van der Waals surface area contributed by atoms with Gasteiger partial charge in [0.05, 0.1) is 96.2 Å². The fraction of sp³-hybridized carbons (Fsp3) is 0.455. The summed E-state index contributed by atoms with van der Waals surface area (Å²) in [6.45, 7) is 23.2. The number of esters is 4. The summed E-state index contributed by atoms with van der Waals surface area (Å²) >= 11 is 0. The van der Waals surface area contributed by atoms with E-state index in [0.29, 0.717) is 109 Å². The van der Waals surface area contributed by atoms with Gasteiger partial charge < -0.3 is 60.8 Å². The summed E-state index contributed by atoms with van der Waals surface area (Å²) in [6, 6.07) is 16.8. The van der Waals surface area contributed by atoms with E-state index in [1.54, 1.807) is 132 Å². The van der Waals surface area contributed by atoms with Crippen LogP contribution in [0.2, 0.25) is 0 Å².